The zero-order valence-electron chi connectivity index (χ0n) is 16.8. The molecule has 3 heterocycles. The van der Waals surface area contributed by atoms with Gasteiger partial charge >= 0.3 is 0 Å². The normalized spacial score (nSPS) is 13.1. The van der Waals surface area contributed by atoms with Crippen LogP contribution in [0.1, 0.15) is 38.6 Å². The summed E-state index contributed by atoms with van der Waals surface area (Å²) in [5.41, 5.74) is 4.45. The molecule has 0 saturated heterocycles. The highest BCUT2D eigenvalue weighted by Gasteiger charge is 2.24. The van der Waals surface area contributed by atoms with Gasteiger partial charge in [0.2, 0.25) is 0 Å². The highest BCUT2D eigenvalue weighted by molar-refractivity contribution is 7.99. The van der Waals surface area contributed by atoms with E-state index in [0.717, 1.165) is 46.6 Å². The lowest BCUT2D eigenvalue weighted by Crippen LogP contribution is -2.22. The Morgan fingerprint density at radius 3 is 2.77 bits per heavy atom. The Labute approximate surface area is 182 Å². The molecule has 1 aliphatic carbocycles. The van der Waals surface area contributed by atoms with E-state index < -0.39 is 0 Å². The van der Waals surface area contributed by atoms with Crippen LogP contribution in [0.2, 0.25) is 0 Å². The maximum atomic E-state index is 13.6. The molecule has 0 spiro atoms. The predicted octanol–water partition coefficient (Wildman–Crippen LogP) is 4.86. The van der Waals surface area contributed by atoms with Gasteiger partial charge in [0.1, 0.15) is 4.83 Å². The van der Waals surface area contributed by atoms with Crippen LogP contribution in [0.4, 0.5) is 0 Å². The van der Waals surface area contributed by atoms with Crippen molar-refractivity contribution in [3.8, 4) is 5.69 Å². The summed E-state index contributed by atoms with van der Waals surface area (Å²) in [5.74, 6) is 0.262. The first-order valence-corrected chi connectivity index (χ1v) is 11.8. The van der Waals surface area contributed by atoms with Crippen molar-refractivity contribution in [2.24, 2.45) is 0 Å². The SMILES string of the molecule is Cc1cc(C(=O)CSc2nc3sc4c(c3c(=O)n2-c2ccccc2)CCC4)c(C)[nH]1. The van der Waals surface area contributed by atoms with E-state index in [9.17, 15) is 9.59 Å². The molecule has 0 radical (unpaired) electrons. The van der Waals surface area contributed by atoms with Gasteiger partial charge in [-0.3, -0.25) is 14.2 Å². The molecule has 1 aromatic carbocycles. The summed E-state index contributed by atoms with van der Waals surface area (Å²) in [5, 5.41) is 1.32. The smallest absolute Gasteiger partial charge is 0.267 e. The van der Waals surface area contributed by atoms with Gasteiger partial charge in [-0.05, 0) is 56.9 Å². The standard InChI is InChI=1S/C23H21N3O2S2/c1-13-11-17(14(2)24-13)18(27)12-29-23-25-21-20(16-9-6-10-19(16)30-21)22(28)26(23)15-7-4-3-5-8-15/h3-5,7-8,11,24H,6,9-10,12H2,1-2H3. The van der Waals surface area contributed by atoms with Gasteiger partial charge in [-0.15, -0.1) is 11.3 Å². The Morgan fingerprint density at radius 2 is 2.03 bits per heavy atom. The van der Waals surface area contributed by atoms with Gasteiger partial charge in [-0.1, -0.05) is 30.0 Å². The van der Waals surface area contributed by atoms with Crippen LogP contribution in [-0.4, -0.2) is 26.1 Å². The summed E-state index contributed by atoms with van der Waals surface area (Å²) in [4.78, 5) is 36.5. The Bertz CT molecular complexity index is 1330. The third-order valence-electron chi connectivity index (χ3n) is 5.50. The molecule has 5 rings (SSSR count). The number of nitrogens with zero attached hydrogens (tertiary/aromatic N) is 2. The molecule has 1 aliphatic rings. The summed E-state index contributed by atoms with van der Waals surface area (Å²) < 4.78 is 1.67. The largest absolute Gasteiger partial charge is 0.362 e. The maximum Gasteiger partial charge on any atom is 0.267 e. The van der Waals surface area contributed by atoms with Gasteiger partial charge in [-0.25, -0.2) is 4.98 Å². The summed E-state index contributed by atoms with van der Waals surface area (Å²) in [7, 11) is 0. The average Bonchev–Trinajstić information content (AvgIpc) is 3.40. The summed E-state index contributed by atoms with van der Waals surface area (Å²) in [6.07, 6.45) is 3.06. The fraction of sp³-hybridized carbons (Fsp3) is 0.261. The summed E-state index contributed by atoms with van der Waals surface area (Å²) in [6.45, 7) is 3.84. The molecule has 30 heavy (non-hydrogen) atoms. The lowest BCUT2D eigenvalue weighted by Gasteiger charge is -2.12. The quantitative estimate of drug-likeness (QED) is 0.276. The van der Waals surface area contributed by atoms with E-state index >= 15 is 0 Å². The number of carbonyl (C=O) groups is 1. The lowest BCUT2D eigenvalue weighted by atomic mass is 10.2. The van der Waals surface area contributed by atoms with E-state index in [4.69, 9.17) is 4.98 Å². The number of aromatic nitrogens is 3. The van der Waals surface area contributed by atoms with Gasteiger partial charge < -0.3 is 4.98 Å². The van der Waals surface area contributed by atoms with E-state index in [0.29, 0.717) is 10.7 Å². The number of Topliss-reactive ketones (excluding diaryl/α,β-unsaturated/α-hetero) is 1. The monoisotopic (exact) mass is 435 g/mol. The Kier molecular flexibility index (Phi) is 4.87. The number of aryl methyl sites for hydroxylation is 4. The molecular weight excluding hydrogens is 414 g/mol. The van der Waals surface area contributed by atoms with Gasteiger partial charge in [-0.2, -0.15) is 0 Å². The number of benzene rings is 1. The Balaban J connectivity index is 1.59. The van der Waals surface area contributed by atoms with Crippen LogP contribution in [0.25, 0.3) is 15.9 Å². The van der Waals surface area contributed by atoms with Crippen molar-refractivity contribution < 1.29 is 4.79 Å². The van der Waals surface area contributed by atoms with E-state index in [-0.39, 0.29) is 17.1 Å². The van der Waals surface area contributed by atoms with Crippen LogP contribution < -0.4 is 5.56 Å². The molecule has 4 aromatic rings. The second-order valence-corrected chi connectivity index (χ2v) is 9.64. The lowest BCUT2D eigenvalue weighted by molar-refractivity contribution is 0.102. The van der Waals surface area contributed by atoms with Crippen molar-refractivity contribution in [2.75, 3.05) is 5.75 Å². The number of hydrogen-bond donors (Lipinski definition) is 1. The minimum atomic E-state index is -0.0331. The molecule has 0 atom stereocenters. The van der Waals surface area contributed by atoms with Gasteiger partial charge in [0.25, 0.3) is 5.56 Å². The molecule has 0 fully saturated rings. The first-order valence-electron chi connectivity index (χ1n) is 9.98. The predicted molar refractivity (Wildman–Crippen MR) is 123 cm³/mol. The fourth-order valence-corrected chi connectivity index (χ4v) is 6.35. The summed E-state index contributed by atoms with van der Waals surface area (Å²) in [6, 6.07) is 11.4. The maximum absolute atomic E-state index is 13.6. The number of hydrogen-bond acceptors (Lipinski definition) is 5. The Morgan fingerprint density at radius 1 is 1.23 bits per heavy atom. The molecule has 3 aromatic heterocycles. The van der Waals surface area contributed by atoms with Crippen molar-refractivity contribution in [3.05, 3.63) is 74.1 Å². The highest BCUT2D eigenvalue weighted by Crippen LogP contribution is 2.36. The minimum absolute atomic E-state index is 0.0319. The topological polar surface area (TPSA) is 67.8 Å². The third-order valence-corrected chi connectivity index (χ3v) is 7.63. The number of carbonyl (C=O) groups excluding carboxylic acids is 1. The zero-order valence-corrected chi connectivity index (χ0v) is 18.5. The zero-order chi connectivity index (χ0) is 20.8. The first kappa shape index (κ1) is 19.3. The molecule has 0 unspecified atom stereocenters. The van der Waals surface area contributed by atoms with E-state index in [1.165, 1.54) is 22.2 Å². The van der Waals surface area contributed by atoms with Crippen LogP contribution >= 0.6 is 23.1 Å². The van der Waals surface area contributed by atoms with Crippen LogP contribution in [-0.2, 0) is 12.8 Å². The molecule has 0 aliphatic heterocycles. The van der Waals surface area contributed by atoms with Gasteiger partial charge in [0.15, 0.2) is 10.9 Å². The van der Waals surface area contributed by atoms with E-state index in [2.05, 4.69) is 4.98 Å². The molecule has 7 heteroatoms. The number of thioether (sulfide) groups is 1. The number of para-hydroxylation sites is 1. The molecule has 0 saturated carbocycles. The van der Waals surface area contributed by atoms with Crippen molar-refractivity contribution in [1.82, 2.24) is 14.5 Å². The molecule has 1 N–H and O–H groups in total. The van der Waals surface area contributed by atoms with Crippen LogP contribution in [0.5, 0.6) is 0 Å². The first-order chi connectivity index (χ1) is 14.5. The Hall–Kier alpha value is -2.64. The second-order valence-electron chi connectivity index (χ2n) is 7.61. The van der Waals surface area contributed by atoms with Crippen molar-refractivity contribution in [3.63, 3.8) is 0 Å². The number of thiophene rings is 1. The van der Waals surface area contributed by atoms with Crippen molar-refractivity contribution in [1.29, 1.82) is 0 Å². The van der Waals surface area contributed by atoms with Crippen molar-refractivity contribution in [2.45, 2.75) is 38.3 Å². The number of rotatable bonds is 5. The van der Waals surface area contributed by atoms with Crippen LogP contribution in [0.15, 0.2) is 46.3 Å². The fourth-order valence-electron chi connectivity index (χ4n) is 4.15. The molecular formula is C23H21N3O2S2. The average molecular weight is 436 g/mol. The third kappa shape index (κ3) is 3.22. The minimum Gasteiger partial charge on any atom is -0.362 e. The molecule has 152 valence electrons. The van der Waals surface area contributed by atoms with Gasteiger partial charge in [0.05, 0.1) is 16.8 Å². The molecule has 0 amide bonds. The molecule has 5 nitrogen and oxygen atoms in total. The van der Waals surface area contributed by atoms with Crippen molar-refractivity contribution >= 4 is 39.1 Å². The highest BCUT2D eigenvalue weighted by atomic mass is 32.2. The number of fused-ring (bicyclic) bond motifs is 3. The summed E-state index contributed by atoms with van der Waals surface area (Å²) >= 11 is 2.95. The van der Waals surface area contributed by atoms with E-state index in [1.54, 1.807) is 15.9 Å². The number of nitrogens with one attached hydrogen (secondary N) is 1. The molecule has 0 bridgehead atoms. The van der Waals surface area contributed by atoms with Crippen LogP contribution in [0.3, 0.4) is 0 Å². The van der Waals surface area contributed by atoms with E-state index in [1.807, 2.05) is 50.2 Å². The number of H-pyrrole nitrogens is 1. The number of ketones is 1. The second kappa shape index (κ2) is 7.56. The number of aromatic amines is 1. The van der Waals surface area contributed by atoms with Crippen LogP contribution in [0, 0.1) is 13.8 Å². The van der Waals surface area contributed by atoms with Gasteiger partial charge in [0, 0.05) is 21.8 Å².